The number of rotatable bonds is 2. The predicted octanol–water partition coefficient (Wildman–Crippen LogP) is 0.879. The Kier molecular flexibility index (Phi) is 3.54. The summed E-state index contributed by atoms with van der Waals surface area (Å²) in [6, 6.07) is 8.35. The summed E-state index contributed by atoms with van der Waals surface area (Å²) in [6.07, 6.45) is 0. The van der Waals surface area contributed by atoms with Gasteiger partial charge in [-0.05, 0) is 17.7 Å². The second kappa shape index (κ2) is 5.09. The van der Waals surface area contributed by atoms with Crippen LogP contribution in [0, 0.1) is 0 Å². The third kappa shape index (κ3) is 2.81. The van der Waals surface area contributed by atoms with Gasteiger partial charge in [0.15, 0.2) is 0 Å². The quantitative estimate of drug-likeness (QED) is 0.692. The number of anilines is 1. The van der Waals surface area contributed by atoms with Crippen LogP contribution in [0.3, 0.4) is 0 Å². The molecule has 16 heavy (non-hydrogen) atoms. The molecule has 4 heteroatoms. The molecule has 1 aliphatic heterocycles. The molecule has 86 valence electrons. The summed E-state index contributed by atoms with van der Waals surface area (Å²) in [5.41, 5.74) is 2.10. The predicted molar refractivity (Wildman–Crippen MR) is 64.4 cm³/mol. The van der Waals surface area contributed by atoms with Gasteiger partial charge in [0.25, 0.3) is 0 Å². The van der Waals surface area contributed by atoms with Crippen molar-refractivity contribution in [3.05, 3.63) is 29.8 Å². The monoisotopic (exact) mass is 219 g/mol. The summed E-state index contributed by atoms with van der Waals surface area (Å²) in [5, 5.41) is 9.55. The average Bonchev–Trinajstić information content (AvgIpc) is 2.30. The Morgan fingerprint density at radius 3 is 2.62 bits per heavy atom. The van der Waals surface area contributed by atoms with Crippen molar-refractivity contribution in [2.45, 2.75) is 13.0 Å². The van der Waals surface area contributed by atoms with E-state index >= 15 is 0 Å². The summed E-state index contributed by atoms with van der Waals surface area (Å²) in [4.78, 5) is 10.9. The van der Waals surface area contributed by atoms with Gasteiger partial charge >= 0.3 is 0 Å². The fourth-order valence-electron chi connectivity index (χ4n) is 1.89. The van der Waals surface area contributed by atoms with Crippen molar-refractivity contribution in [1.29, 1.82) is 0 Å². The third-order valence-electron chi connectivity index (χ3n) is 2.67. The first-order valence-corrected chi connectivity index (χ1v) is 5.57. The lowest BCUT2D eigenvalue weighted by Gasteiger charge is -2.24. The molecule has 1 fully saturated rings. The topological polar surface area (TPSA) is 53.2 Å². The van der Waals surface area contributed by atoms with Gasteiger partial charge in [0.1, 0.15) is 0 Å². The van der Waals surface area contributed by atoms with Crippen molar-refractivity contribution in [1.82, 2.24) is 10.6 Å². The summed E-state index contributed by atoms with van der Waals surface area (Å²) in [5.74, 6) is -0.0368. The average molecular weight is 219 g/mol. The van der Waals surface area contributed by atoms with Crippen molar-refractivity contribution in [3.63, 3.8) is 0 Å². The zero-order valence-corrected chi connectivity index (χ0v) is 9.42. The zero-order chi connectivity index (χ0) is 11.4. The summed E-state index contributed by atoms with van der Waals surface area (Å²) < 4.78 is 0. The van der Waals surface area contributed by atoms with Gasteiger partial charge in [0, 0.05) is 38.3 Å². The molecule has 1 saturated heterocycles. The summed E-state index contributed by atoms with van der Waals surface area (Å²) in [6.45, 7) is 4.50. The van der Waals surface area contributed by atoms with Crippen molar-refractivity contribution < 1.29 is 4.79 Å². The summed E-state index contributed by atoms with van der Waals surface area (Å²) in [7, 11) is 0. The maximum Gasteiger partial charge on any atom is 0.221 e. The molecule has 0 aromatic heterocycles. The number of amides is 1. The largest absolute Gasteiger partial charge is 0.326 e. The van der Waals surface area contributed by atoms with E-state index in [-0.39, 0.29) is 5.91 Å². The highest BCUT2D eigenvalue weighted by molar-refractivity contribution is 5.88. The number of carbonyl (C=O) groups excluding carboxylic acids is 1. The molecule has 4 nitrogen and oxygen atoms in total. The van der Waals surface area contributed by atoms with E-state index < -0.39 is 0 Å². The van der Waals surface area contributed by atoms with Crippen LogP contribution in [0.5, 0.6) is 0 Å². The van der Waals surface area contributed by atoms with Crippen LogP contribution in [0.2, 0.25) is 0 Å². The fourth-order valence-corrected chi connectivity index (χ4v) is 1.89. The Balaban J connectivity index is 2.03. The minimum Gasteiger partial charge on any atom is -0.326 e. The van der Waals surface area contributed by atoms with Gasteiger partial charge in [-0.2, -0.15) is 0 Å². The van der Waals surface area contributed by atoms with Crippen LogP contribution in [0.1, 0.15) is 18.5 Å². The van der Waals surface area contributed by atoms with E-state index in [0.29, 0.717) is 6.04 Å². The lowest BCUT2D eigenvalue weighted by Crippen LogP contribution is -2.42. The minimum atomic E-state index is -0.0368. The standard InChI is InChI=1S/C12H17N3O/c1-9(16)15-11-4-2-10(3-5-11)12-8-13-6-7-14-12/h2-5,12-14H,6-8H2,1H3,(H,15,16). The Labute approximate surface area is 95.4 Å². The molecule has 1 heterocycles. The lowest BCUT2D eigenvalue weighted by molar-refractivity contribution is -0.114. The van der Waals surface area contributed by atoms with Crippen molar-refractivity contribution in [2.24, 2.45) is 0 Å². The van der Waals surface area contributed by atoms with Crippen LogP contribution in [-0.4, -0.2) is 25.5 Å². The molecule has 0 radical (unpaired) electrons. The van der Waals surface area contributed by atoms with Crippen molar-refractivity contribution >= 4 is 11.6 Å². The highest BCUT2D eigenvalue weighted by atomic mass is 16.1. The maximum atomic E-state index is 10.9. The molecule has 0 aliphatic carbocycles. The number of hydrogen-bond acceptors (Lipinski definition) is 3. The first kappa shape index (κ1) is 11.1. The molecule has 1 atom stereocenters. The number of hydrogen-bond donors (Lipinski definition) is 3. The number of benzene rings is 1. The number of piperazine rings is 1. The van der Waals surface area contributed by atoms with E-state index in [2.05, 4.69) is 28.1 Å². The molecule has 1 aliphatic rings. The molecule has 2 rings (SSSR count). The lowest BCUT2D eigenvalue weighted by atomic mass is 10.1. The molecule has 1 unspecified atom stereocenters. The van der Waals surface area contributed by atoms with E-state index in [9.17, 15) is 4.79 Å². The molecule has 0 spiro atoms. The van der Waals surface area contributed by atoms with Gasteiger partial charge in [-0.25, -0.2) is 0 Å². The highest BCUT2D eigenvalue weighted by Gasteiger charge is 2.13. The van der Waals surface area contributed by atoms with Gasteiger partial charge in [-0.3, -0.25) is 4.79 Å². The normalized spacial score (nSPS) is 20.4. The van der Waals surface area contributed by atoms with Crippen LogP contribution in [0.15, 0.2) is 24.3 Å². The van der Waals surface area contributed by atoms with E-state index in [1.54, 1.807) is 0 Å². The van der Waals surface area contributed by atoms with Gasteiger partial charge < -0.3 is 16.0 Å². The van der Waals surface area contributed by atoms with Crippen LogP contribution in [-0.2, 0) is 4.79 Å². The summed E-state index contributed by atoms with van der Waals surface area (Å²) >= 11 is 0. The molecule has 1 amide bonds. The van der Waals surface area contributed by atoms with Gasteiger partial charge in [-0.15, -0.1) is 0 Å². The minimum absolute atomic E-state index is 0.0368. The molecule has 0 bridgehead atoms. The number of nitrogens with one attached hydrogen (secondary N) is 3. The Morgan fingerprint density at radius 1 is 1.31 bits per heavy atom. The van der Waals surface area contributed by atoms with Gasteiger partial charge in [-0.1, -0.05) is 12.1 Å². The third-order valence-corrected chi connectivity index (χ3v) is 2.67. The van der Waals surface area contributed by atoms with Crippen molar-refractivity contribution in [3.8, 4) is 0 Å². The van der Waals surface area contributed by atoms with Crippen LogP contribution in [0.25, 0.3) is 0 Å². The second-order valence-corrected chi connectivity index (χ2v) is 4.01. The molecule has 1 aromatic rings. The molecular weight excluding hydrogens is 202 g/mol. The van der Waals surface area contributed by atoms with Crippen LogP contribution < -0.4 is 16.0 Å². The van der Waals surface area contributed by atoms with E-state index in [1.165, 1.54) is 12.5 Å². The van der Waals surface area contributed by atoms with E-state index in [4.69, 9.17) is 0 Å². The first-order chi connectivity index (χ1) is 7.75. The van der Waals surface area contributed by atoms with Gasteiger partial charge in [0.05, 0.1) is 0 Å². The maximum absolute atomic E-state index is 10.9. The Bertz CT molecular complexity index is 355. The molecule has 3 N–H and O–H groups in total. The van der Waals surface area contributed by atoms with Crippen molar-refractivity contribution in [2.75, 3.05) is 25.0 Å². The Morgan fingerprint density at radius 2 is 2.06 bits per heavy atom. The number of carbonyl (C=O) groups is 1. The Hall–Kier alpha value is -1.39. The van der Waals surface area contributed by atoms with Crippen LogP contribution in [0.4, 0.5) is 5.69 Å². The zero-order valence-electron chi connectivity index (χ0n) is 9.42. The van der Waals surface area contributed by atoms with Crippen LogP contribution >= 0.6 is 0 Å². The molecular formula is C12H17N3O. The van der Waals surface area contributed by atoms with E-state index in [0.717, 1.165) is 25.3 Å². The second-order valence-electron chi connectivity index (χ2n) is 4.01. The SMILES string of the molecule is CC(=O)Nc1ccc(C2CNCCN2)cc1. The molecule has 1 aromatic carbocycles. The smallest absolute Gasteiger partial charge is 0.221 e. The van der Waals surface area contributed by atoms with Gasteiger partial charge in [0.2, 0.25) is 5.91 Å². The molecule has 0 saturated carbocycles. The van der Waals surface area contributed by atoms with E-state index in [1.807, 2.05) is 12.1 Å². The fraction of sp³-hybridized carbons (Fsp3) is 0.417. The first-order valence-electron chi connectivity index (χ1n) is 5.57. The highest BCUT2D eigenvalue weighted by Crippen LogP contribution is 2.16.